The topological polar surface area (TPSA) is 37.3 Å². The highest BCUT2D eigenvalue weighted by atomic mass is 35.5. The summed E-state index contributed by atoms with van der Waals surface area (Å²) in [6.07, 6.45) is 0.538. The highest BCUT2D eigenvalue weighted by Crippen LogP contribution is 2.31. The van der Waals surface area contributed by atoms with Crippen molar-refractivity contribution in [3.05, 3.63) is 0 Å². The van der Waals surface area contributed by atoms with E-state index < -0.39 is 15.7 Å². The number of halogens is 3. The molecule has 0 rings (SSSR count). The molecule has 0 heterocycles. The minimum atomic E-state index is -1.09. The lowest BCUT2D eigenvalue weighted by Crippen LogP contribution is -2.23. The Kier molecular flexibility index (Phi) is 4.52. The average molecular weight is 219 g/mol. The van der Waals surface area contributed by atoms with Crippen LogP contribution in [-0.4, -0.2) is 20.8 Å². The Morgan fingerprint density at radius 2 is 2.09 bits per heavy atom. The van der Waals surface area contributed by atoms with Crippen LogP contribution in [0.2, 0.25) is 0 Å². The van der Waals surface area contributed by atoms with Crippen LogP contribution in [0.25, 0.3) is 0 Å². The molecule has 0 fully saturated rings. The summed E-state index contributed by atoms with van der Waals surface area (Å²) in [5.41, 5.74) is 0. The first-order valence-corrected chi connectivity index (χ1v) is 4.33. The molecule has 0 saturated carbocycles. The monoisotopic (exact) mass is 218 g/mol. The molecule has 5 heteroatoms. The van der Waals surface area contributed by atoms with E-state index in [0.29, 0.717) is 6.42 Å². The van der Waals surface area contributed by atoms with E-state index in [0.717, 1.165) is 0 Å². The van der Waals surface area contributed by atoms with Gasteiger partial charge in [-0.3, -0.25) is 4.79 Å². The van der Waals surface area contributed by atoms with E-state index >= 15 is 0 Å². The van der Waals surface area contributed by atoms with Gasteiger partial charge in [0.05, 0.1) is 0 Å². The van der Waals surface area contributed by atoms with Crippen LogP contribution >= 0.6 is 34.8 Å². The number of carbonyl (C=O) groups is 1. The van der Waals surface area contributed by atoms with E-state index in [1.807, 2.05) is 0 Å². The number of carboxylic acids is 1. The molecule has 66 valence electrons. The molecule has 0 aromatic rings. The van der Waals surface area contributed by atoms with E-state index in [2.05, 4.69) is 0 Å². The number of aliphatic carboxylic acids is 1. The third-order valence-corrected chi connectivity index (χ3v) is 2.45. The lowest BCUT2D eigenvalue weighted by molar-refractivity contribution is -0.136. The number of hydrogen-bond acceptors (Lipinski definition) is 1. The Hall–Kier alpha value is 0.340. The molecule has 0 bridgehead atoms. The molecule has 0 aliphatic rings. The fraction of sp³-hybridized carbons (Fsp3) is 0.833. The van der Waals surface area contributed by atoms with Gasteiger partial charge in [0.15, 0.2) is 0 Å². The predicted molar refractivity (Wildman–Crippen MR) is 46.6 cm³/mol. The smallest absolute Gasteiger partial charge is 0.321 e. The number of alkyl halides is 3. The van der Waals surface area contributed by atoms with Crippen molar-refractivity contribution >= 4 is 40.8 Å². The minimum absolute atomic E-state index is 0.0590. The summed E-state index contributed by atoms with van der Waals surface area (Å²) in [7, 11) is 0. The minimum Gasteiger partial charge on any atom is -0.480 e. The van der Waals surface area contributed by atoms with Gasteiger partial charge >= 0.3 is 5.97 Å². The van der Waals surface area contributed by atoms with Gasteiger partial charge in [-0.25, -0.2) is 0 Å². The van der Waals surface area contributed by atoms with Gasteiger partial charge in [-0.15, -0.1) is 34.8 Å². The van der Waals surface area contributed by atoms with Crippen molar-refractivity contribution in [2.45, 2.75) is 29.5 Å². The van der Waals surface area contributed by atoms with Crippen LogP contribution < -0.4 is 0 Å². The fourth-order valence-electron chi connectivity index (χ4n) is 0.494. The molecule has 1 unspecified atom stereocenters. The number of carboxylic acid groups (broad SMARTS) is 1. The first-order chi connectivity index (χ1) is 4.89. The van der Waals surface area contributed by atoms with E-state index in [1.165, 1.54) is 0 Å². The largest absolute Gasteiger partial charge is 0.480 e. The van der Waals surface area contributed by atoms with E-state index in [4.69, 9.17) is 39.9 Å². The second-order valence-corrected chi connectivity index (χ2v) is 4.39. The Balaban J connectivity index is 3.93. The van der Waals surface area contributed by atoms with Gasteiger partial charge < -0.3 is 5.11 Å². The molecular weight excluding hydrogens is 210 g/mol. The van der Waals surface area contributed by atoms with Crippen molar-refractivity contribution < 1.29 is 9.90 Å². The van der Waals surface area contributed by atoms with Crippen molar-refractivity contribution in [2.24, 2.45) is 0 Å². The van der Waals surface area contributed by atoms with Gasteiger partial charge in [0.25, 0.3) is 0 Å². The lowest BCUT2D eigenvalue weighted by atomic mass is 10.2. The summed E-state index contributed by atoms with van der Waals surface area (Å²) < 4.78 is -1.02. The molecule has 0 amide bonds. The zero-order valence-electron chi connectivity index (χ0n) is 5.98. The molecule has 1 atom stereocenters. The van der Waals surface area contributed by atoms with Crippen molar-refractivity contribution in [3.8, 4) is 0 Å². The van der Waals surface area contributed by atoms with Crippen LogP contribution in [0.5, 0.6) is 0 Å². The van der Waals surface area contributed by atoms with Gasteiger partial charge in [0, 0.05) is 6.42 Å². The Morgan fingerprint density at radius 3 is 2.36 bits per heavy atom. The molecule has 0 aliphatic heterocycles. The van der Waals surface area contributed by atoms with Crippen molar-refractivity contribution in [1.29, 1.82) is 0 Å². The van der Waals surface area contributed by atoms with E-state index in [1.54, 1.807) is 6.92 Å². The SMILES string of the molecule is CCC(Cl)(Cl)CC(Cl)C(=O)O. The highest BCUT2D eigenvalue weighted by molar-refractivity contribution is 6.49. The van der Waals surface area contributed by atoms with Crippen LogP contribution in [0.1, 0.15) is 19.8 Å². The van der Waals surface area contributed by atoms with Gasteiger partial charge in [-0.1, -0.05) is 6.92 Å². The maximum absolute atomic E-state index is 10.2. The first-order valence-electron chi connectivity index (χ1n) is 3.14. The molecule has 0 radical (unpaired) electrons. The molecule has 0 saturated heterocycles. The van der Waals surface area contributed by atoms with Crippen LogP contribution in [0, 0.1) is 0 Å². The molecule has 0 aromatic heterocycles. The zero-order chi connectivity index (χ0) is 9.07. The summed E-state index contributed by atoms with van der Waals surface area (Å²) in [6, 6.07) is 0. The van der Waals surface area contributed by atoms with E-state index in [-0.39, 0.29) is 6.42 Å². The molecule has 0 aliphatic carbocycles. The third-order valence-electron chi connectivity index (χ3n) is 1.26. The summed E-state index contributed by atoms with van der Waals surface area (Å²) in [5.74, 6) is -1.09. The summed E-state index contributed by atoms with van der Waals surface area (Å²) >= 11 is 16.8. The van der Waals surface area contributed by atoms with E-state index in [9.17, 15) is 4.79 Å². The standard InChI is InChI=1S/C6H9Cl3O2/c1-2-6(8,9)3-4(7)5(10)11/h4H,2-3H2,1H3,(H,10,11). The molecule has 0 aromatic carbocycles. The van der Waals surface area contributed by atoms with Crippen LogP contribution in [0.3, 0.4) is 0 Å². The predicted octanol–water partition coefficient (Wildman–Crippen LogP) is 2.65. The van der Waals surface area contributed by atoms with Crippen molar-refractivity contribution in [2.75, 3.05) is 0 Å². The molecule has 1 N–H and O–H groups in total. The highest BCUT2D eigenvalue weighted by Gasteiger charge is 2.28. The third kappa shape index (κ3) is 4.72. The molecule has 11 heavy (non-hydrogen) atoms. The van der Waals surface area contributed by atoms with Gasteiger partial charge in [-0.2, -0.15) is 0 Å². The zero-order valence-corrected chi connectivity index (χ0v) is 8.25. The quantitative estimate of drug-likeness (QED) is 0.738. The molecular formula is C6H9Cl3O2. The Bertz CT molecular complexity index is 147. The van der Waals surface area contributed by atoms with Crippen LogP contribution in [-0.2, 0) is 4.79 Å². The lowest BCUT2D eigenvalue weighted by Gasteiger charge is -2.17. The van der Waals surface area contributed by atoms with Gasteiger partial charge in [0.1, 0.15) is 9.71 Å². The Morgan fingerprint density at radius 1 is 1.64 bits per heavy atom. The molecule has 2 nitrogen and oxygen atoms in total. The second kappa shape index (κ2) is 4.39. The first kappa shape index (κ1) is 11.3. The van der Waals surface area contributed by atoms with Gasteiger partial charge in [-0.05, 0) is 6.42 Å². The van der Waals surface area contributed by atoms with Crippen LogP contribution in [0.15, 0.2) is 0 Å². The number of rotatable bonds is 4. The summed E-state index contributed by atoms with van der Waals surface area (Å²) in [5, 5.41) is 7.38. The molecule has 0 spiro atoms. The maximum atomic E-state index is 10.2. The van der Waals surface area contributed by atoms with Crippen LogP contribution in [0.4, 0.5) is 0 Å². The van der Waals surface area contributed by atoms with Crippen molar-refractivity contribution in [1.82, 2.24) is 0 Å². The van der Waals surface area contributed by atoms with Gasteiger partial charge in [0.2, 0.25) is 0 Å². The fourth-order valence-corrected chi connectivity index (χ4v) is 1.22. The summed E-state index contributed by atoms with van der Waals surface area (Å²) in [6.45, 7) is 1.77. The van der Waals surface area contributed by atoms with Crippen molar-refractivity contribution in [3.63, 3.8) is 0 Å². The number of hydrogen-bond donors (Lipinski definition) is 1. The maximum Gasteiger partial charge on any atom is 0.321 e. The Labute approximate surface area is 80.4 Å². The second-order valence-electron chi connectivity index (χ2n) is 2.22. The normalized spacial score (nSPS) is 14.5. The average Bonchev–Trinajstić information content (AvgIpc) is 1.87. The summed E-state index contributed by atoms with van der Waals surface area (Å²) in [4.78, 5) is 10.2.